The normalized spacial score (nSPS) is 25.3. The number of alkyl halides is 1. The van der Waals surface area contributed by atoms with Gasteiger partial charge in [-0.15, -0.1) is 0 Å². The van der Waals surface area contributed by atoms with E-state index in [1.807, 2.05) is 0 Å². The molecule has 1 N–H and O–H groups in total. The van der Waals surface area contributed by atoms with Crippen LogP contribution in [0.25, 0.3) is 0 Å². The topological polar surface area (TPSA) is 38.3 Å². The van der Waals surface area contributed by atoms with Gasteiger partial charge in [-0.1, -0.05) is 15.9 Å². The fourth-order valence-corrected chi connectivity index (χ4v) is 2.57. The lowest BCUT2D eigenvalue weighted by atomic mass is 10.3. The molecule has 13 heavy (non-hydrogen) atoms. The van der Waals surface area contributed by atoms with E-state index in [1.54, 1.807) is 6.92 Å². The highest BCUT2D eigenvalue weighted by atomic mass is 79.9. The smallest absolute Gasteiger partial charge is 0.347 e. The molecule has 0 aromatic carbocycles. The Morgan fingerprint density at radius 3 is 2.92 bits per heavy atom. The molecule has 1 aliphatic heterocycles. The summed E-state index contributed by atoms with van der Waals surface area (Å²) in [7, 11) is 0. The second-order valence-corrected chi connectivity index (χ2v) is 4.53. The summed E-state index contributed by atoms with van der Waals surface area (Å²) < 4.78 is 5.35. The number of hydrogen-bond acceptors (Lipinski definition) is 3. The predicted molar refractivity (Wildman–Crippen MR) is 57.9 cm³/mol. The summed E-state index contributed by atoms with van der Waals surface area (Å²) in [6.07, 6.45) is 0.990. The van der Waals surface area contributed by atoms with E-state index in [-0.39, 0.29) is 10.8 Å². The van der Waals surface area contributed by atoms with Gasteiger partial charge in [-0.2, -0.15) is 0 Å². The van der Waals surface area contributed by atoms with Crippen molar-refractivity contribution in [2.24, 2.45) is 0 Å². The Labute approximate surface area is 94.2 Å². The van der Waals surface area contributed by atoms with Crippen LogP contribution in [0.3, 0.4) is 0 Å². The van der Waals surface area contributed by atoms with Gasteiger partial charge in [0.1, 0.15) is 4.48 Å². The highest BCUT2D eigenvalue weighted by molar-refractivity contribution is 9.12. The molecule has 1 rings (SSSR count). The van der Waals surface area contributed by atoms with Crippen LogP contribution >= 0.6 is 31.9 Å². The van der Waals surface area contributed by atoms with Gasteiger partial charge in [0.25, 0.3) is 0 Å². The highest BCUT2D eigenvalue weighted by Gasteiger charge is 2.24. The average molecular weight is 313 g/mol. The highest BCUT2D eigenvalue weighted by Crippen LogP contribution is 2.25. The Balaban J connectivity index is 2.72. The third kappa shape index (κ3) is 2.71. The van der Waals surface area contributed by atoms with Gasteiger partial charge in [-0.25, -0.2) is 4.79 Å². The molecule has 1 aliphatic rings. The molecule has 5 heteroatoms. The van der Waals surface area contributed by atoms with Crippen molar-refractivity contribution in [3.05, 3.63) is 10.2 Å². The standard InChI is InChI=1S/C8H11Br2NO2/c1-2-13-8(12)6(10)7-5(9)3-4-11-7/h5,11H,2-4H2,1H3/b7-6-. The molecule has 3 nitrogen and oxygen atoms in total. The lowest BCUT2D eigenvalue weighted by molar-refractivity contribution is -0.137. The van der Waals surface area contributed by atoms with Gasteiger partial charge in [0, 0.05) is 12.2 Å². The van der Waals surface area contributed by atoms with Crippen LogP contribution in [0.5, 0.6) is 0 Å². The molecular formula is C8H11Br2NO2. The van der Waals surface area contributed by atoms with Crippen molar-refractivity contribution in [2.45, 2.75) is 18.2 Å². The minimum atomic E-state index is -0.309. The van der Waals surface area contributed by atoms with Crippen molar-refractivity contribution in [3.63, 3.8) is 0 Å². The number of hydrogen-bond donors (Lipinski definition) is 1. The number of carbonyl (C=O) groups excluding carboxylic acids is 1. The zero-order chi connectivity index (χ0) is 9.84. The van der Waals surface area contributed by atoms with Crippen LogP contribution in [0.2, 0.25) is 0 Å². The van der Waals surface area contributed by atoms with Gasteiger partial charge in [0.05, 0.1) is 11.4 Å². The van der Waals surface area contributed by atoms with E-state index in [4.69, 9.17) is 4.74 Å². The molecule has 74 valence electrons. The zero-order valence-corrected chi connectivity index (χ0v) is 10.4. The number of allylic oxidation sites excluding steroid dienone is 1. The minimum Gasteiger partial charge on any atom is -0.462 e. The SMILES string of the molecule is CCOC(=O)/C(Br)=C1/NCCC1Br. The van der Waals surface area contributed by atoms with E-state index in [0.29, 0.717) is 11.1 Å². The second kappa shape index (κ2) is 5.00. The lowest BCUT2D eigenvalue weighted by Crippen LogP contribution is -2.14. The Hall–Kier alpha value is -0.0300. The number of ether oxygens (including phenoxy) is 1. The summed E-state index contributed by atoms with van der Waals surface area (Å²) in [5.41, 5.74) is 0.887. The van der Waals surface area contributed by atoms with Crippen LogP contribution in [0, 0.1) is 0 Å². The minimum absolute atomic E-state index is 0.228. The van der Waals surface area contributed by atoms with Crippen LogP contribution in [0.1, 0.15) is 13.3 Å². The summed E-state index contributed by atoms with van der Waals surface area (Å²) in [5.74, 6) is -0.309. The summed E-state index contributed by atoms with van der Waals surface area (Å²) in [4.78, 5) is 11.5. The van der Waals surface area contributed by atoms with Crippen molar-refractivity contribution in [1.29, 1.82) is 0 Å². The van der Waals surface area contributed by atoms with Crippen molar-refractivity contribution in [3.8, 4) is 0 Å². The lowest BCUT2D eigenvalue weighted by Gasteiger charge is -2.07. The summed E-state index contributed by atoms with van der Waals surface area (Å²) in [5, 5.41) is 3.13. The second-order valence-electron chi connectivity index (χ2n) is 2.63. The van der Waals surface area contributed by atoms with E-state index in [1.165, 1.54) is 0 Å². The maximum absolute atomic E-state index is 11.3. The fraction of sp³-hybridized carbons (Fsp3) is 0.625. The van der Waals surface area contributed by atoms with E-state index in [0.717, 1.165) is 18.7 Å². The van der Waals surface area contributed by atoms with Crippen LogP contribution in [-0.2, 0) is 9.53 Å². The number of nitrogens with one attached hydrogen (secondary N) is 1. The first kappa shape index (κ1) is 11.0. The van der Waals surface area contributed by atoms with Gasteiger partial charge >= 0.3 is 5.97 Å². The number of halogens is 2. The monoisotopic (exact) mass is 311 g/mol. The van der Waals surface area contributed by atoms with E-state index in [9.17, 15) is 4.79 Å². The van der Waals surface area contributed by atoms with Gasteiger partial charge < -0.3 is 10.1 Å². The maximum Gasteiger partial charge on any atom is 0.347 e. The van der Waals surface area contributed by atoms with Crippen molar-refractivity contribution >= 4 is 37.8 Å². The van der Waals surface area contributed by atoms with Crippen LogP contribution in [0.15, 0.2) is 10.2 Å². The molecule has 1 heterocycles. The summed E-state index contributed by atoms with van der Waals surface area (Å²) in [6, 6.07) is 0. The van der Waals surface area contributed by atoms with Crippen molar-refractivity contribution in [2.75, 3.05) is 13.2 Å². The first-order valence-electron chi connectivity index (χ1n) is 4.11. The largest absolute Gasteiger partial charge is 0.462 e. The molecular weight excluding hydrogens is 302 g/mol. The number of carbonyl (C=O) groups is 1. The fourth-order valence-electron chi connectivity index (χ4n) is 1.11. The summed E-state index contributed by atoms with van der Waals surface area (Å²) in [6.45, 7) is 3.07. The number of esters is 1. The van der Waals surface area contributed by atoms with Crippen molar-refractivity contribution in [1.82, 2.24) is 5.32 Å². The van der Waals surface area contributed by atoms with Crippen LogP contribution in [-0.4, -0.2) is 23.9 Å². The molecule has 0 saturated carbocycles. The Morgan fingerprint density at radius 1 is 1.77 bits per heavy atom. The Morgan fingerprint density at radius 2 is 2.46 bits per heavy atom. The van der Waals surface area contributed by atoms with Gasteiger partial charge in [-0.3, -0.25) is 0 Å². The quantitative estimate of drug-likeness (QED) is 0.481. The maximum atomic E-state index is 11.3. The molecule has 0 spiro atoms. The van der Waals surface area contributed by atoms with Crippen molar-refractivity contribution < 1.29 is 9.53 Å². The summed E-state index contributed by atoms with van der Waals surface area (Å²) >= 11 is 6.69. The van der Waals surface area contributed by atoms with E-state index < -0.39 is 0 Å². The van der Waals surface area contributed by atoms with Gasteiger partial charge in [0.15, 0.2) is 0 Å². The number of rotatable bonds is 2. The molecule has 0 radical (unpaired) electrons. The molecule has 1 fully saturated rings. The molecule has 0 aromatic rings. The zero-order valence-electron chi connectivity index (χ0n) is 7.27. The molecule has 1 saturated heterocycles. The van der Waals surface area contributed by atoms with Crippen LogP contribution < -0.4 is 5.32 Å². The third-order valence-corrected chi connectivity index (χ3v) is 3.38. The predicted octanol–water partition coefficient (Wildman–Crippen LogP) is 1.91. The average Bonchev–Trinajstić information content (AvgIpc) is 2.50. The molecule has 0 aliphatic carbocycles. The molecule has 0 amide bonds. The molecule has 0 bridgehead atoms. The van der Waals surface area contributed by atoms with Crippen LogP contribution in [0.4, 0.5) is 0 Å². The Bertz CT molecular complexity index is 240. The van der Waals surface area contributed by atoms with Gasteiger partial charge in [-0.05, 0) is 29.3 Å². The molecule has 1 unspecified atom stereocenters. The first-order chi connectivity index (χ1) is 6.16. The Kier molecular flexibility index (Phi) is 4.25. The first-order valence-corrected chi connectivity index (χ1v) is 5.82. The molecule has 0 aromatic heterocycles. The van der Waals surface area contributed by atoms with E-state index >= 15 is 0 Å². The third-order valence-electron chi connectivity index (χ3n) is 1.72. The van der Waals surface area contributed by atoms with Gasteiger partial charge in [0.2, 0.25) is 0 Å². The van der Waals surface area contributed by atoms with E-state index in [2.05, 4.69) is 37.2 Å². The molecule has 1 atom stereocenters.